The molecule has 0 aromatic heterocycles. The number of carbonyl (C=O) groups excluding carboxylic acids is 2. The van der Waals surface area contributed by atoms with Crippen LogP contribution in [0.1, 0.15) is 21.3 Å². The van der Waals surface area contributed by atoms with Gasteiger partial charge in [-0.3, -0.25) is 9.59 Å². The van der Waals surface area contributed by atoms with Crippen LogP contribution in [0.5, 0.6) is 0 Å². The molecule has 0 aliphatic carbocycles. The van der Waals surface area contributed by atoms with Gasteiger partial charge < -0.3 is 10.2 Å². The molecule has 2 heterocycles. The number of rotatable bonds is 3. The number of fused-ring (bicyclic) bond motifs is 3. The molecule has 98 valence electrons. The molecule has 2 amide bonds. The molecule has 2 atom stereocenters. The average molecular weight is 274 g/mol. The van der Waals surface area contributed by atoms with Crippen LogP contribution in [0, 0.1) is 0 Å². The second-order valence-corrected chi connectivity index (χ2v) is 5.65. The van der Waals surface area contributed by atoms with E-state index in [1.165, 1.54) is 0 Å². The maximum atomic E-state index is 12.4. The van der Waals surface area contributed by atoms with E-state index in [4.69, 9.17) is 0 Å². The fourth-order valence-electron chi connectivity index (χ4n) is 2.53. The van der Waals surface area contributed by atoms with Gasteiger partial charge in [0.1, 0.15) is 11.4 Å². The molecule has 0 bridgehead atoms. The van der Waals surface area contributed by atoms with Crippen LogP contribution in [0.15, 0.2) is 36.9 Å². The summed E-state index contributed by atoms with van der Waals surface area (Å²) in [6.45, 7) is 4.00. The number of amides is 2. The first-order chi connectivity index (χ1) is 9.24. The molecular formula is C14H14N2O2S. The number of hydrogen-bond donors (Lipinski definition) is 1. The molecule has 2 unspecified atom stereocenters. The SMILES string of the molecule is C=CCNC(=O)C1CSC2c3ccccc3C(=O)N12. The second-order valence-electron chi connectivity index (χ2n) is 4.53. The number of benzene rings is 1. The molecule has 5 heteroatoms. The van der Waals surface area contributed by atoms with Crippen LogP contribution in [0.4, 0.5) is 0 Å². The van der Waals surface area contributed by atoms with E-state index in [0.717, 1.165) is 11.1 Å². The molecule has 4 nitrogen and oxygen atoms in total. The van der Waals surface area contributed by atoms with Crippen molar-refractivity contribution in [3.05, 3.63) is 48.0 Å². The Labute approximate surface area is 115 Å². The van der Waals surface area contributed by atoms with E-state index in [1.807, 2.05) is 24.3 Å². The Hall–Kier alpha value is -1.75. The first-order valence-corrected chi connectivity index (χ1v) is 7.20. The molecule has 19 heavy (non-hydrogen) atoms. The van der Waals surface area contributed by atoms with Gasteiger partial charge in [-0.15, -0.1) is 18.3 Å². The monoisotopic (exact) mass is 274 g/mol. The summed E-state index contributed by atoms with van der Waals surface area (Å²) in [5.41, 5.74) is 1.75. The molecule has 1 aromatic carbocycles. The van der Waals surface area contributed by atoms with Gasteiger partial charge in [0.25, 0.3) is 5.91 Å². The Morgan fingerprint density at radius 3 is 3.11 bits per heavy atom. The maximum Gasteiger partial charge on any atom is 0.256 e. The fraction of sp³-hybridized carbons (Fsp3) is 0.286. The van der Waals surface area contributed by atoms with Gasteiger partial charge in [0, 0.05) is 17.9 Å². The molecule has 1 fully saturated rings. The average Bonchev–Trinajstić information content (AvgIpc) is 2.98. The molecule has 0 saturated carbocycles. The van der Waals surface area contributed by atoms with Crippen LogP contribution in [0.3, 0.4) is 0 Å². The van der Waals surface area contributed by atoms with Crippen LogP contribution in [-0.2, 0) is 4.79 Å². The molecular weight excluding hydrogens is 260 g/mol. The Balaban J connectivity index is 1.86. The summed E-state index contributed by atoms with van der Waals surface area (Å²) in [5, 5.41) is 2.76. The van der Waals surface area contributed by atoms with Crippen molar-refractivity contribution in [3.63, 3.8) is 0 Å². The van der Waals surface area contributed by atoms with Crippen molar-refractivity contribution in [1.29, 1.82) is 0 Å². The highest BCUT2D eigenvalue weighted by Gasteiger charge is 2.48. The highest BCUT2D eigenvalue weighted by molar-refractivity contribution is 7.99. The largest absolute Gasteiger partial charge is 0.351 e. The van der Waals surface area contributed by atoms with E-state index in [1.54, 1.807) is 22.7 Å². The molecule has 0 spiro atoms. The molecule has 1 aromatic rings. The van der Waals surface area contributed by atoms with Gasteiger partial charge in [0.2, 0.25) is 5.91 Å². The molecule has 2 aliphatic rings. The Bertz CT molecular complexity index is 558. The van der Waals surface area contributed by atoms with Crippen LogP contribution in [-0.4, -0.2) is 35.1 Å². The summed E-state index contributed by atoms with van der Waals surface area (Å²) in [5.74, 6) is 0.508. The molecule has 2 aliphatic heterocycles. The van der Waals surface area contributed by atoms with Crippen LogP contribution in [0.2, 0.25) is 0 Å². The molecule has 0 radical (unpaired) electrons. The highest BCUT2D eigenvalue weighted by Crippen LogP contribution is 2.47. The van der Waals surface area contributed by atoms with Crippen molar-refractivity contribution in [2.75, 3.05) is 12.3 Å². The first kappa shape index (κ1) is 12.3. The number of carbonyl (C=O) groups is 2. The van der Waals surface area contributed by atoms with Crippen molar-refractivity contribution in [1.82, 2.24) is 10.2 Å². The number of thioether (sulfide) groups is 1. The van der Waals surface area contributed by atoms with E-state index >= 15 is 0 Å². The standard InChI is InChI=1S/C14H14N2O2S/c1-2-7-15-12(17)11-8-19-14-10-6-4-3-5-9(10)13(18)16(11)14/h2-6,11,14H,1,7-8H2,(H,15,17). The molecule has 1 saturated heterocycles. The zero-order valence-corrected chi connectivity index (χ0v) is 11.2. The third kappa shape index (κ3) is 1.85. The van der Waals surface area contributed by atoms with Crippen LogP contribution < -0.4 is 5.32 Å². The predicted octanol–water partition coefficient (Wildman–Crippen LogP) is 1.56. The summed E-state index contributed by atoms with van der Waals surface area (Å²) < 4.78 is 0. The minimum atomic E-state index is -0.380. The van der Waals surface area contributed by atoms with Crippen molar-refractivity contribution in [3.8, 4) is 0 Å². The Morgan fingerprint density at radius 1 is 1.53 bits per heavy atom. The topological polar surface area (TPSA) is 49.4 Å². The first-order valence-electron chi connectivity index (χ1n) is 6.16. The van der Waals surface area contributed by atoms with E-state index < -0.39 is 0 Å². The summed E-state index contributed by atoms with van der Waals surface area (Å²) >= 11 is 1.65. The summed E-state index contributed by atoms with van der Waals surface area (Å²) in [6, 6.07) is 7.21. The number of nitrogens with one attached hydrogen (secondary N) is 1. The van der Waals surface area contributed by atoms with Gasteiger partial charge >= 0.3 is 0 Å². The fourth-order valence-corrected chi connectivity index (χ4v) is 4.00. The number of nitrogens with zero attached hydrogens (tertiary/aromatic N) is 1. The molecule has 1 N–H and O–H groups in total. The van der Waals surface area contributed by atoms with Gasteiger partial charge in [-0.1, -0.05) is 24.3 Å². The normalized spacial score (nSPS) is 24.0. The van der Waals surface area contributed by atoms with E-state index in [0.29, 0.717) is 12.3 Å². The van der Waals surface area contributed by atoms with E-state index in [2.05, 4.69) is 11.9 Å². The Morgan fingerprint density at radius 2 is 2.32 bits per heavy atom. The van der Waals surface area contributed by atoms with Gasteiger partial charge in [0.15, 0.2) is 0 Å². The van der Waals surface area contributed by atoms with Gasteiger partial charge in [-0.05, 0) is 11.6 Å². The summed E-state index contributed by atoms with van der Waals surface area (Å²) in [7, 11) is 0. The second kappa shape index (κ2) is 4.74. The van der Waals surface area contributed by atoms with Crippen molar-refractivity contribution in [2.45, 2.75) is 11.4 Å². The van der Waals surface area contributed by atoms with Crippen molar-refractivity contribution >= 4 is 23.6 Å². The minimum Gasteiger partial charge on any atom is -0.351 e. The van der Waals surface area contributed by atoms with Gasteiger partial charge in [-0.25, -0.2) is 0 Å². The lowest BCUT2D eigenvalue weighted by Crippen LogP contribution is -2.45. The quantitative estimate of drug-likeness (QED) is 0.851. The van der Waals surface area contributed by atoms with E-state index in [9.17, 15) is 9.59 Å². The van der Waals surface area contributed by atoms with Crippen molar-refractivity contribution < 1.29 is 9.59 Å². The summed E-state index contributed by atoms with van der Waals surface area (Å²) in [4.78, 5) is 26.2. The lowest BCUT2D eigenvalue weighted by Gasteiger charge is -2.22. The highest BCUT2D eigenvalue weighted by atomic mass is 32.2. The van der Waals surface area contributed by atoms with Crippen LogP contribution in [0.25, 0.3) is 0 Å². The van der Waals surface area contributed by atoms with Gasteiger partial charge in [-0.2, -0.15) is 0 Å². The maximum absolute atomic E-state index is 12.4. The number of hydrogen-bond acceptors (Lipinski definition) is 3. The third-order valence-electron chi connectivity index (χ3n) is 3.42. The van der Waals surface area contributed by atoms with Gasteiger partial charge in [0.05, 0.1) is 0 Å². The molecule has 3 rings (SSSR count). The third-order valence-corrected chi connectivity index (χ3v) is 4.72. The Kier molecular flexibility index (Phi) is 3.06. The predicted molar refractivity (Wildman–Crippen MR) is 74.8 cm³/mol. The summed E-state index contributed by atoms with van der Waals surface area (Å²) in [6.07, 6.45) is 1.64. The van der Waals surface area contributed by atoms with Crippen LogP contribution >= 0.6 is 11.8 Å². The lowest BCUT2D eigenvalue weighted by molar-refractivity contribution is -0.124. The smallest absolute Gasteiger partial charge is 0.256 e. The lowest BCUT2D eigenvalue weighted by atomic mass is 10.1. The minimum absolute atomic E-state index is 0.0109. The van der Waals surface area contributed by atoms with E-state index in [-0.39, 0.29) is 23.2 Å². The zero-order valence-electron chi connectivity index (χ0n) is 10.3. The zero-order chi connectivity index (χ0) is 13.4. The van der Waals surface area contributed by atoms with Crippen molar-refractivity contribution in [2.24, 2.45) is 0 Å².